The van der Waals surface area contributed by atoms with Gasteiger partial charge in [0.2, 0.25) is 0 Å². The van der Waals surface area contributed by atoms with E-state index in [0.717, 1.165) is 28.6 Å². The van der Waals surface area contributed by atoms with Gasteiger partial charge in [-0.05, 0) is 99.0 Å². The molecule has 0 bridgehead atoms. The van der Waals surface area contributed by atoms with E-state index >= 15 is 0 Å². The number of carbonyl (C=O) groups excluding carboxylic acids is 2. The van der Waals surface area contributed by atoms with E-state index in [0.29, 0.717) is 19.4 Å². The number of amides is 1. The van der Waals surface area contributed by atoms with Gasteiger partial charge in [-0.2, -0.15) is 0 Å². The van der Waals surface area contributed by atoms with Gasteiger partial charge in [-0.1, -0.05) is 29.3 Å². The van der Waals surface area contributed by atoms with Gasteiger partial charge in [0.1, 0.15) is 5.60 Å². The van der Waals surface area contributed by atoms with E-state index in [2.05, 4.69) is 47.1 Å². The van der Waals surface area contributed by atoms with Crippen LogP contribution in [0.5, 0.6) is 0 Å². The standard InChI is InChI=1S/C27H31BrN2O3/c1-16-6-9-22-18(12-16)7-8-20-13-21(28)15-29-25(20)24(22)19-10-11-30(23(14-19)17(2)31)26(32)33-27(3,4)5/h6,9,12-13,15,23H,7-8,10-11,14H2,1-5H3/b24-19+. The van der Waals surface area contributed by atoms with Crippen molar-refractivity contribution in [2.24, 2.45) is 0 Å². The van der Waals surface area contributed by atoms with Gasteiger partial charge in [-0.3, -0.25) is 14.7 Å². The highest BCUT2D eigenvalue weighted by molar-refractivity contribution is 9.10. The van der Waals surface area contributed by atoms with Gasteiger partial charge in [0.15, 0.2) is 5.78 Å². The normalized spacial score (nSPS) is 20.5. The molecular weight excluding hydrogens is 480 g/mol. The van der Waals surface area contributed by atoms with Crippen LogP contribution < -0.4 is 0 Å². The number of carbonyl (C=O) groups is 2. The lowest BCUT2D eigenvalue weighted by Crippen LogP contribution is -2.49. The van der Waals surface area contributed by atoms with E-state index in [1.54, 1.807) is 11.8 Å². The molecule has 174 valence electrons. The van der Waals surface area contributed by atoms with Crippen LogP contribution in [0.3, 0.4) is 0 Å². The molecule has 0 radical (unpaired) electrons. The molecule has 1 aliphatic heterocycles. The van der Waals surface area contributed by atoms with E-state index in [1.807, 2.05) is 27.0 Å². The SMILES string of the molecule is CC(=O)C1C/C(=C2\c3ccc(C)cc3CCc3cc(Br)cnc32)CCN1C(=O)OC(C)(C)C. The minimum atomic E-state index is -0.606. The molecular formula is C27H31BrN2O3. The van der Waals surface area contributed by atoms with Gasteiger partial charge in [0.05, 0.1) is 11.7 Å². The molecule has 2 aromatic rings. The molecule has 0 saturated carbocycles. The summed E-state index contributed by atoms with van der Waals surface area (Å²) in [4.78, 5) is 32.0. The molecule has 2 aliphatic rings. The second kappa shape index (κ2) is 9.05. The van der Waals surface area contributed by atoms with Crippen LogP contribution in [0.25, 0.3) is 5.57 Å². The van der Waals surface area contributed by atoms with Crippen LogP contribution in [0.1, 0.15) is 68.5 Å². The fraction of sp³-hybridized carbons (Fsp3) is 0.444. The maximum Gasteiger partial charge on any atom is 0.410 e. The lowest BCUT2D eigenvalue weighted by molar-refractivity contribution is -0.122. The van der Waals surface area contributed by atoms with Crippen LogP contribution in [0.2, 0.25) is 0 Å². The first kappa shape index (κ1) is 23.7. The highest BCUT2D eigenvalue weighted by atomic mass is 79.9. The Morgan fingerprint density at radius 2 is 1.85 bits per heavy atom. The summed E-state index contributed by atoms with van der Waals surface area (Å²) < 4.78 is 6.57. The highest BCUT2D eigenvalue weighted by Gasteiger charge is 2.36. The predicted molar refractivity (Wildman–Crippen MR) is 133 cm³/mol. The number of piperidine rings is 1. The Balaban J connectivity index is 1.82. The summed E-state index contributed by atoms with van der Waals surface area (Å²) >= 11 is 3.57. The zero-order valence-corrected chi connectivity index (χ0v) is 21.6. The van der Waals surface area contributed by atoms with Crippen molar-refractivity contribution in [3.05, 3.63) is 68.5 Å². The third-order valence-corrected chi connectivity index (χ3v) is 6.72. The van der Waals surface area contributed by atoms with E-state index in [-0.39, 0.29) is 5.78 Å². The minimum absolute atomic E-state index is 0.0274. The van der Waals surface area contributed by atoms with Crippen molar-refractivity contribution in [2.75, 3.05) is 6.54 Å². The number of likely N-dealkylation sites (tertiary alicyclic amines) is 1. The molecule has 1 aromatic carbocycles. The van der Waals surface area contributed by atoms with Crippen molar-refractivity contribution in [1.82, 2.24) is 9.88 Å². The second-order valence-electron chi connectivity index (χ2n) is 10.1. The molecule has 5 nitrogen and oxygen atoms in total. The third kappa shape index (κ3) is 5.06. The van der Waals surface area contributed by atoms with Crippen molar-refractivity contribution in [2.45, 2.75) is 71.9 Å². The largest absolute Gasteiger partial charge is 0.444 e. The van der Waals surface area contributed by atoms with Crippen LogP contribution in [0.4, 0.5) is 4.79 Å². The fourth-order valence-corrected chi connectivity index (χ4v) is 5.19. The molecule has 0 N–H and O–H groups in total. The number of aryl methyl sites for hydroxylation is 3. The molecule has 4 rings (SSSR count). The number of halogens is 1. The molecule has 1 aromatic heterocycles. The number of aromatic nitrogens is 1. The summed E-state index contributed by atoms with van der Waals surface area (Å²) in [6.07, 6.45) is 4.45. The van der Waals surface area contributed by atoms with Crippen molar-refractivity contribution >= 4 is 33.4 Å². The Bertz CT molecular complexity index is 1090. The first-order valence-electron chi connectivity index (χ1n) is 11.5. The summed E-state index contributed by atoms with van der Waals surface area (Å²) in [5, 5.41) is 0. The van der Waals surface area contributed by atoms with Gasteiger partial charge in [0.25, 0.3) is 0 Å². The summed E-state index contributed by atoms with van der Waals surface area (Å²) in [5.74, 6) is -0.0274. The number of pyridine rings is 1. The molecule has 1 amide bonds. The maximum atomic E-state index is 12.9. The third-order valence-electron chi connectivity index (χ3n) is 6.29. The number of ether oxygens (including phenoxy) is 1. The van der Waals surface area contributed by atoms with Crippen LogP contribution in [-0.4, -0.2) is 39.9 Å². The van der Waals surface area contributed by atoms with Crippen molar-refractivity contribution in [1.29, 1.82) is 0 Å². The number of hydrogen-bond acceptors (Lipinski definition) is 4. The number of rotatable bonds is 1. The molecule has 33 heavy (non-hydrogen) atoms. The molecule has 1 saturated heterocycles. The smallest absolute Gasteiger partial charge is 0.410 e. The maximum absolute atomic E-state index is 12.9. The van der Waals surface area contributed by atoms with E-state index in [4.69, 9.17) is 9.72 Å². The van der Waals surface area contributed by atoms with Gasteiger partial charge in [-0.15, -0.1) is 0 Å². The minimum Gasteiger partial charge on any atom is -0.444 e. The van der Waals surface area contributed by atoms with Crippen molar-refractivity contribution in [3.63, 3.8) is 0 Å². The van der Waals surface area contributed by atoms with Crippen molar-refractivity contribution in [3.8, 4) is 0 Å². The van der Waals surface area contributed by atoms with E-state index in [9.17, 15) is 9.59 Å². The summed E-state index contributed by atoms with van der Waals surface area (Å²) in [6.45, 7) is 9.65. The Kier molecular flexibility index (Phi) is 6.50. The zero-order valence-electron chi connectivity index (χ0n) is 20.0. The highest BCUT2D eigenvalue weighted by Crippen LogP contribution is 2.40. The molecule has 2 heterocycles. The first-order valence-corrected chi connectivity index (χ1v) is 12.3. The molecule has 6 heteroatoms. The summed E-state index contributed by atoms with van der Waals surface area (Å²) in [6, 6.07) is 8.21. The zero-order chi connectivity index (χ0) is 23.9. The Labute approximate surface area is 204 Å². The number of hydrogen-bond donors (Lipinski definition) is 0. The van der Waals surface area contributed by atoms with E-state index < -0.39 is 17.7 Å². The topological polar surface area (TPSA) is 59.5 Å². The van der Waals surface area contributed by atoms with Gasteiger partial charge < -0.3 is 4.74 Å². The number of Topliss-reactive ketones (excluding diaryl/α,β-unsaturated/α-hetero) is 1. The fourth-order valence-electron chi connectivity index (χ4n) is 4.81. The predicted octanol–water partition coefficient (Wildman–Crippen LogP) is 6.04. The number of nitrogens with zero attached hydrogens (tertiary/aromatic N) is 2. The second-order valence-corrected chi connectivity index (χ2v) is 11.0. The summed E-state index contributed by atoms with van der Waals surface area (Å²) in [7, 11) is 0. The molecule has 1 aliphatic carbocycles. The van der Waals surface area contributed by atoms with Crippen molar-refractivity contribution < 1.29 is 14.3 Å². The Morgan fingerprint density at radius 1 is 1.12 bits per heavy atom. The van der Waals surface area contributed by atoms with Crippen LogP contribution >= 0.6 is 15.9 Å². The van der Waals surface area contributed by atoms with Crippen LogP contribution in [0, 0.1) is 6.92 Å². The average molecular weight is 511 g/mol. The lowest BCUT2D eigenvalue weighted by atomic mass is 9.85. The number of ketones is 1. The molecule has 1 fully saturated rings. The monoisotopic (exact) mass is 510 g/mol. The first-order chi connectivity index (χ1) is 15.5. The average Bonchev–Trinajstić information content (AvgIpc) is 2.88. The molecule has 0 spiro atoms. The van der Waals surface area contributed by atoms with Gasteiger partial charge in [-0.25, -0.2) is 4.79 Å². The van der Waals surface area contributed by atoms with Gasteiger partial charge >= 0.3 is 6.09 Å². The number of benzene rings is 1. The van der Waals surface area contributed by atoms with Gasteiger partial charge in [0, 0.05) is 22.8 Å². The molecule has 1 atom stereocenters. The van der Waals surface area contributed by atoms with Crippen LogP contribution in [-0.2, 0) is 22.4 Å². The Morgan fingerprint density at radius 3 is 2.55 bits per heavy atom. The summed E-state index contributed by atoms with van der Waals surface area (Å²) in [5.41, 5.74) is 7.62. The number of fused-ring (bicyclic) bond motifs is 2. The quantitative estimate of drug-likeness (QED) is 0.468. The lowest BCUT2D eigenvalue weighted by Gasteiger charge is -2.37. The molecule has 1 unspecified atom stereocenters. The van der Waals surface area contributed by atoms with Crippen LogP contribution in [0.15, 0.2) is 40.5 Å². The Hall–Kier alpha value is -2.47. The van der Waals surface area contributed by atoms with E-state index in [1.165, 1.54) is 27.8 Å².